The molecule has 6 N–H and O–H groups in total. The van der Waals surface area contributed by atoms with Crippen molar-refractivity contribution in [1.29, 1.82) is 0 Å². The van der Waals surface area contributed by atoms with E-state index in [1.807, 2.05) is 6.92 Å². The normalized spacial score (nSPS) is 12.2. The smallest absolute Gasteiger partial charge is 0.248 e. The molecule has 1 heterocycles. The van der Waals surface area contributed by atoms with E-state index in [1.54, 1.807) is 6.92 Å². The molecule has 100 valence electrons. The zero-order valence-electron chi connectivity index (χ0n) is 10.6. The first-order valence-electron chi connectivity index (χ1n) is 5.80. The molecule has 0 spiro atoms. The van der Waals surface area contributed by atoms with Crippen LogP contribution < -0.4 is 16.8 Å². The van der Waals surface area contributed by atoms with Crippen molar-refractivity contribution in [3.63, 3.8) is 0 Å². The van der Waals surface area contributed by atoms with Gasteiger partial charge in [-0.1, -0.05) is 6.92 Å². The SMILES string of the molecule is CCCc1nc(N)c(C)c(NCC(O)C(N)=O)n1. The van der Waals surface area contributed by atoms with E-state index in [4.69, 9.17) is 11.5 Å². The molecule has 1 aromatic heterocycles. The van der Waals surface area contributed by atoms with Crippen LogP contribution in [0.3, 0.4) is 0 Å². The van der Waals surface area contributed by atoms with Gasteiger partial charge in [-0.25, -0.2) is 9.97 Å². The van der Waals surface area contributed by atoms with Crippen LogP contribution in [-0.4, -0.2) is 33.6 Å². The van der Waals surface area contributed by atoms with E-state index in [0.717, 1.165) is 12.8 Å². The number of anilines is 2. The lowest BCUT2D eigenvalue weighted by molar-refractivity contribution is -0.125. The van der Waals surface area contributed by atoms with Crippen LogP contribution in [0.2, 0.25) is 0 Å². The highest BCUT2D eigenvalue weighted by molar-refractivity contribution is 5.79. The van der Waals surface area contributed by atoms with Gasteiger partial charge in [0.25, 0.3) is 0 Å². The zero-order valence-corrected chi connectivity index (χ0v) is 10.6. The van der Waals surface area contributed by atoms with Crippen LogP contribution in [0.5, 0.6) is 0 Å². The molecule has 7 nitrogen and oxygen atoms in total. The molecule has 0 fully saturated rings. The number of carbonyl (C=O) groups is 1. The Morgan fingerprint density at radius 3 is 2.72 bits per heavy atom. The molecule has 1 rings (SSSR count). The summed E-state index contributed by atoms with van der Waals surface area (Å²) in [7, 11) is 0. The number of nitrogens with zero attached hydrogens (tertiary/aromatic N) is 2. The molecule has 0 radical (unpaired) electrons. The fraction of sp³-hybridized carbons (Fsp3) is 0.545. The van der Waals surface area contributed by atoms with Gasteiger partial charge in [-0.3, -0.25) is 4.79 Å². The number of nitrogens with two attached hydrogens (primary N) is 2. The quantitative estimate of drug-likeness (QED) is 0.545. The highest BCUT2D eigenvalue weighted by atomic mass is 16.3. The van der Waals surface area contributed by atoms with Crippen molar-refractivity contribution >= 4 is 17.5 Å². The number of rotatable bonds is 6. The van der Waals surface area contributed by atoms with Crippen LogP contribution in [0.25, 0.3) is 0 Å². The number of aliphatic hydroxyl groups excluding tert-OH is 1. The van der Waals surface area contributed by atoms with Crippen LogP contribution in [0.1, 0.15) is 24.7 Å². The van der Waals surface area contributed by atoms with Crippen LogP contribution in [0, 0.1) is 6.92 Å². The second-order valence-electron chi connectivity index (χ2n) is 4.05. The molecule has 0 aliphatic heterocycles. The fourth-order valence-corrected chi connectivity index (χ4v) is 1.38. The third kappa shape index (κ3) is 3.56. The van der Waals surface area contributed by atoms with E-state index in [1.165, 1.54) is 0 Å². The Balaban J connectivity index is 2.83. The number of primary amides is 1. The maximum absolute atomic E-state index is 10.7. The molecule has 0 aliphatic carbocycles. The Morgan fingerprint density at radius 2 is 2.17 bits per heavy atom. The number of aryl methyl sites for hydroxylation is 1. The first kappa shape index (κ1) is 14.2. The van der Waals surface area contributed by atoms with E-state index in [-0.39, 0.29) is 6.54 Å². The van der Waals surface area contributed by atoms with Gasteiger partial charge in [0, 0.05) is 12.0 Å². The summed E-state index contributed by atoms with van der Waals surface area (Å²) in [6, 6.07) is 0. The summed E-state index contributed by atoms with van der Waals surface area (Å²) >= 11 is 0. The average Bonchev–Trinajstić information content (AvgIpc) is 2.31. The molecule has 0 saturated heterocycles. The molecule has 1 unspecified atom stereocenters. The summed E-state index contributed by atoms with van der Waals surface area (Å²) in [5, 5.41) is 12.2. The maximum Gasteiger partial charge on any atom is 0.248 e. The van der Waals surface area contributed by atoms with Gasteiger partial charge in [0.15, 0.2) is 0 Å². The highest BCUT2D eigenvalue weighted by Crippen LogP contribution is 2.17. The van der Waals surface area contributed by atoms with Crippen LogP contribution >= 0.6 is 0 Å². The minimum Gasteiger partial charge on any atom is -0.383 e. The van der Waals surface area contributed by atoms with E-state index in [9.17, 15) is 9.90 Å². The number of hydrogen-bond donors (Lipinski definition) is 4. The van der Waals surface area contributed by atoms with E-state index >= 15 is 0 Å². The number of carbonyl (C=O) groups excluding carboxylic acids is 1. The van der Waals surface area contributed by atoms with Crippen molar-refractivity contribution in [1.82, 2.24) is 9.97 Å². The highest BCUT2D eigenvalue weighted by Gasteiger charge is 2.13. The molecule has 0 aromatic carbocycles. The van der Waals surface area contributed by atoms with E-state index in [0.29, 0.717) is 23.0 Å². The second kappa shape index (κ2) is 6.15. The molecule has 1 amide bonds. The van der Waals surface area contributed by atoms with Gasteiger partial charge >= 0.3 is 0 Å². The Hall–Kier alpha value is -1.89. The fourth-order valence-electron chi connectivity index (χ4n) is 1.38. The lowest BCUT2D eigenvalue weighted by Gasteiger charge is -2.13. The minimum atomic E-state index is -1.25. The molecule has 0 bridgehead atoms. The summed E-state index contributed by atoms with van der Waals surface area (Å²) in [6.07, 6.45) is 0.374. The lowest BCUT2D eigenvalue weighted by Crippen LogP contribution is -2.34. The Labute approximate surface area is 106 Å². The third-order valence-electron chi connectivity index (χ3n) is 2.49. The van der Waals surface area contributed by atoms with Crippen molar-refractivity contribution < 1.29 is 9.90 Å². The first-order chi connectivity index (χ1) is 8.45. The lowest BCUT2D eigenvalue weighted by atomic mass is 10.2. The monoisotopic (exact) mass is 253 g/mol. The first-order valence-corrected chi connectivity index (χ1v) is 5.80. The summed E-state index contributed by atoms with van der Waals surface area (Å²) in [5.74, 6) is 0.767. The van der Waals surface area contributed by atoms with Crippen LogP contribution in [0.4, 0.5) is 11.6 Å². The van der Waals surface area contributed by atoms with Crippen molar-refractivity contribution in [2.75, 3.05) is 17.6 Å². The second-order valence-corrected chi connectivity index (χ2v) is 4.05. The van der Waals surface area contributed by atoms with Gasteiger partial charge in [0.1, 0.15) is 23.6 Å². The van der Waals surface area contributed by atoms with Gasteiger partial charge in [0.2, 0.25) is 5.91 Å². The molecule has 0 aliphatic rings. The third-order valence-corrected chi connectivity index (χ3v) is 2.49. The molecule has 1 atom stereocenters. The number of hydrogen-bond acceptors (Lipinski definition) is 6. The molecular formula is C11H19N5O2. The standard InChI is InChI=1S/C11H19N5O2/c1-3-4-8-15-9(12)6(2)11(16-8)14-5-7(17)10(13)18/h7,17H,3-5H2,1-2H3,(H2,13,18)(H3,12,14,15,16). The van der Waals surface area contributed by atoms with Gasteiger partial charge in [0.05, 0.1) is 6.54 Å². The van der Waals surface area contributed by atoms with Crippen molar-refractivity contribution in [2.45, 2.75) is 32.8 Å². The van der Waals surface area contributed by atoms with Gasteiger partial charge in [-0.15, -0.1) is 0 Å². The average molecular weight is 253 g/mol. The van der Waals surface area contributed by atoms with Crippen molar-refractivity contribution in [3.05, 3.63) is 11.4 Å². The van der Waals surface area contributed by atoms with E-state index < -0.39 is 12.0 Å². The largest absolute Gasteiger partial charge is 0.383 e. The van der Waals surface area contributed by atoms with Gasteiger partial charge in [-0.05, 0) is 13.3 Å². The van der Waals surface area contributed by atoms with Crippen molar-refractivity contribution in [2.24, 2.45) is 5.73 Å². The van der Waals surface area contributed by atoms with Crippen LogP contribution in [-0.2, 0) is 11.2 Å². The maximum atomic E-state index is 10.7. The number of nitrogen functional groups attached to an aromatic ring is 1. The molecule has 7 heteroatoms. The molecular weight excluding hydrogens is 234 g/mol. The minimum absolute atomic E-state index is 0.00179. The Morgan fingerprint density at radius 1 is 1.50 bits per heavy atom. The van der Waals surface area contributed by atoms with Crippen LogP contribution in [0.15, 0.2) is 0 Å². The topological polar surface area (TPSA) is 127 Å². The Kier molecular flexibility index (Phi) is 4.85. The van der Waals surface area contributed by atoms with Gasteiger partial charge in [-0.2, -0.15) is 0 Å². The summed E-state index contributed by atoms with van der Waals surface area (Å²) in [4.78, 5) is 19.2. The number of nitrogens with one attached hydrogen (secondary N) is 1. The Bertz CT molecular complexity index is 436. The summed E-state index contributed by atoms with van der Waals surface area (Å²) < 4.78 is 0. The zero-order chi connectivity index (χ0) is 13.7. The van der Waals surface area contributed by atoms with Gasteiger partial charge < -0.3 is 21.9 Å². The van der Waals surface area contributed by atoms with E-state index in [2.05, 4.69) is 15.3 Å². The van der Waals surface area contributed by atoms with Crippen molar-refractivity contribution in [3.8, 4) is 0 Å². The number of amides is 1. The molecule has 1 aromatic rings. The summed E-state index contributed by atoms with van der Waals surface area (Å²) in [5.41, 5.74) is 11.4. The summed E-state index contributed by atoms with van der Waals surface area (Å²) in [6.45, 7) is 3.78. The predicted octanol–water partition coefficient (Wildman–Crippen LogP) is -0.422. The predicted molar refractivity (Wildman–Crippen MR) is 68.9 cm³/mol. The number of aliphatic hydroxyl groups is 1. The number of aromatic nitrogens is 2. The molecule has 0 saturated carbocycles. The molecule has 18 heavy (non-hydrogen) atoms.